The molecule has 7 nitrogen and oxygen atoms in total. The van der Waals surface area contributed by atoms with Crippen LogP contribution < -0.4 is 11.1 Å². The number of rotatable bonds is 5. The van der Waals surface area contributed by atoms with Gasteiger partial charge in [0.15, 0.2) is 0 Å². The molecule has 2 unspecified atom stereocenters. The predicted molar refractivity (Wildman–Crippen MR) is 78.1 cm³/mol. The van der Waals surface area contributed by atoms with Gasteiger partial charge in [-0.3, -0.25) is 14.9 Å². The van der Waals surface area contributed by atoms with E-state index in [0.29, 0.717) is 24.6 Å². The Bertz CT molecular complexity index is 547. The van der Waals surface area contributed by atoms with Gasteiger partial charge in [0.1, 0.15) is 5.69 Å². The Morgan fingerprint density at radius 3 is 2.86 bits per heavy atom. The van der Waals surface area contributed by atoms with E-state index < -0.39 is 10.8 Å². The number of benzene rings is 1. The van der Waals surface area contributed by atoms with Crippen molar-refractivity contribution < 1.29 is 14.8 Å². The van der Waals surface area contributed by atoms with Crippen molar-refractivity contribution >= 4 is 17.3 Å². The van der Waals surface area contributed by atoms with Crippen molar-refractivity contribution in [3.8, 4) is 0 Å². The normalized spacial score (nSPS) is 21.8. The number of amides is 1. The van der Waals surface area contributed by atoms with Crippen LogP contribution in [0, 0.1) is 16.0 Å². The maximum Gasteiger partial charge on any atom is 0.293 e. The smallest absolute Gasteiger partial charge is 0.293 e. The summed E-state index contributed by atoms with van der Waals surface area (Å²) in [4.78, 5) is 21.6. The van der Waals surface area contributed by atoms with Crippen molar-refractivity contribution in [2.75, 3.05) is 11.9 Å². The summed E-state index contributed by atoms with van der Waals surface area (Å²) in [6, 6.07) is 4.14. The minimum Gasteiger partial charge on any atom is -0.393 e. The Morgan fingerprint density at radius 2 is 2.24 bits per heavy atom. The number of nitro benzene ring substituents is 1. The van der Waals surface area contributed by atoms with E-state index in [1.165, 1.54) is 18.2 Å². The van der Waals surface area contributed by atoms with Crippen LogP contribution in [0.4, 0.5) is 11.4 Å². The number of nitro groups is 1. The highest BCUT2D eigenvalue weighted by molar-refractivity contribution is 5.94. The van der Waals surface area contributed by atoms with Gasteiger partial charge in [0.2, 0.25) is 5.91 Å². The fourth-order valence-electron chi connectivity index (χ4n) is 2.69. The summed E-state index contributed by atoms with van der Waals surface area (Å²) >= 11 is 0. The number of hydrogen-bond donors (Lipinski definition) is 3. The summed E-state index contributed by atoms with van der Waals surface area (Å²) in [7, 11) is 0. The molecule has 1 fully saturated rings. The molecule has 1 amide bonds. The van der Waals surface area contributed by atoms with E-state index >= 15 is 0 Å². The van der Waals surface area contributed by atoms with E-state index in [-0.39, 0.29) is 17.4 Å². The molecule has 1 aromatic carbocycles. The molecule has 0 heterocycles. The molecule has 4 N–H and O–H groups in total. The zero-order chi connectivity index (χ0) is 15.4. The van der Waals surface area contributed by atoms with Crippen LogP contribution in [0.15, 0.2) is 18.2 Å². The lowest BCUT2D eigenvalue weighted by Crippen LogP contribution is -2.25. The molecule has 7 heteroatoms. The van der Waals surface area contributed by atoms with Gasteiger partial charge in [-0.25, -0.2) is 0 Å². The number of nitrogens with zero attached hydrogens (tertiary/aromatic N) is 1. The van der Waals surface area contributed by atoms with Crippen LogP contribution in [0.2, 0.25) is 0 Å². The second kappa shape index (κ2) is 6.53. The summed E-state index contributed by atoms with van der Waals surface area (Å²) in [5, 5.41) is 23.7. The molecule has 1 aliphatic rings. The van der Waals surface area contributed by atoms with E-state index in [2.05, 4.69) is 5.32 Å². The van der Waals surface area contributed by atoms with Gasteiger partial charge in [-0.15, -0.1) is 0 Å². The number of carbonyl (C=O) groups excluding carboxylic acids is 1. The van der Waals surface area contributed by atoms with Crippen LogP contribution in [-0.4, -0.2) is 28.6 Å². The lowest BCUT2D eigenvalue weighted by Gasteiger charge is -2.26. The number of aliphatic hydroxyl groups is 1. The van der Waals surface area contributed by atoms with Crippen molar-refractivity contribution in [1.29, 1.82) is 0 Å². The topological polar surface area (TPSA) is 118 Å². The van der Waals surface area contributed by atoms with Gasteiger partial charge in [-0.1, -0.05) is 6.42 Å². The highest BCUT2D eigenvalue weighted by Gasteiger charge is 2.22. The Morgan fingerprint density at radius 1 is 1.48 bits per heavy atom. The summed E-state index contributed by atoms with van der Waals surface area (Å²) in [5.74, 6) is -0.399. The van der Waals surface area contributed by atoms with Crippen LogP contribution in [-0.2, 0) is 0 Å². The summed E-state index contributed by atoms with van der Waals surface area (Å²) < 4.78 is 0. The lowest BCUT2D eigenvalue weighted by atomic mass is 9.87. The lowest BCUT2D eigenvalue weighted by molar-refractivity contribution is -0.384. The van der Waals surface area contributed by atoms with Gasteiger partial charge in [-0.2, -0.15) is 0 Å². The van der Waals surface area contributed by atoms with Crippen molar-refractivity contribution in [3.05, 3.63) is 33.9 Å². The minimum absolute atomic E-state index is 0.111. The maximum absolute atomic E-state index is 11.1. The first-order valence-electron chi connectivity index (χ1n) is 6.97. The first-order chi connectivity index (χ1) is 9.97. The molecular weight excluding hydrogens is 274 g/mol. The molecule has 0 saturated heterocycles. The maximum atomic E-state index is 11.1. The number of hydrogen-bond acceptors (Lipinski definition) is 5. The van der Waals surface area contributed by atoms with E-state index in [9.17, 15) is 20.0 Å². The molecule has 2 atom stereocenters. The first kappa shape index (κ1) is 15.2. The average Bonchev–Trinajstić information content (AvgIpc) is 2.44. The molecule has 0 radical (unpaired) electrons. The van der Waals surface area contributed by atoms with E-state index in [1.807, 2.05) is 0 Å². The Kier molecular flexibility index (Phi) is 4.74. The van der Waals surface area contributed by atoms with E-state index in [0.717, 1.165) is 19.3 Å². The van der Waals surface area contributed by atoms with Crippen molar-refractivity contribution in [3.63, 3.8) is 0 Å². The Hall–Kier alpha value is -2.15. The van der Waals surface area contributed by atoms with Gasteiger partial charge >= 0.3 is 0 Å². The monoisotopic (exact) mass is 293 g/mol. The molecule has 0 spiro atoms. The summed E-state index contributed by atoms with van der Waals surface area (Å²) in [6.07, 6.45) is 3.22. The molecule has 2 rings (SSSR count). The predicted octanol–water partition coefficient (Wildman–Crippen LogP) is 1.66. The molecule has 0 aliphatic heterocycles. The third kappa shape index (κ3) is 3.91. The van der Waals surface area contributed by atoms with Gasteiger partial charge in [0.05, 0.1) is 11.0 Å². The van der Waals surface area contributed by atoms with Crippen molar-refractivity contribution in [1.82, 2.24) is 0 Å². The molecule has 0 aromatic heterocycles. The molecule has 21 heavy (non-hydrogen) atoms. The second-order valence-corrected chi connectivity index (χ2v) is 5.42. The van der Waals surface area contributed by atoms with Gasteiger partial charge in [0.25, 0.3) is 5.69 Å². The summed E-state index contributed by atoms with van der Waals surface area (Å²) in [5.41, 5.74) is 5.44. The highest BCUT2D eigenvalue weighted by Crippen LogP contribution is 2.28. The second-order valence-electron chi connectivity index (χ2n) is 5.42. The minimum atomic E-state index is -0.694. The Balaban J connectivity index is 2.08. The number of aliphatic hydroxyl groups excluding tert-OH is 1. The number of primary amides is 1. The third-order valence-corrected chi connectivity index (χ3v) is 3.82. The highest BCUT2D eigenvalue weighted by atomic mass is 16.6. The quantitative estimate of drug-likeness (QED) is 0.563. The fraction of sp³-hybridized carbons (Fsp3) is 0.500. The molecule has 0 bridgehead atoms. The zero-order valence-electron chi connectivity index (χ0n) is 11.6. The molecular formula is C14H19N3O4. The molecule has 1 aliphatic carbocycles. The van der Waals surface area contributed by atoms with Crippen molar-refractivity contribution in [2.45, 2.75) is 31.8 Å². The van der Waals surface area contributed by atoms with Gasteiger partial charge in [0, 0.05) is 18.2 Å². The van der Waals surface area contributed by atoms with Gasteiger partial charge < -0.3 is 16.2 Å². The van der Waals surface area contributed by atoms with E-state index in [1.54, 1.807) is 0 Å². The molecule has 1 saturated carbocycles. The number of nitrogens with two attached hydrogens (primary N) is 1. The van der Waals surface area contributed by atoms with Crippen LogP contribution in [0.3, 0.4) is 0 Å². The first-order valence-corrected chi connectivity index (χ1v) is 6.97. The zero-order valence-corrected chi connectivity index (χ0v) is 11.6. The number of anilines is 1. The molecule has 114 valence electrons. The SMILES string of the molecule is NC(=O)c1ccc(NCC2CCCC(O)C2)c([N+](=O)[O-])c1. The van der Waals surface area contributed by atoms with Crippen LogP contribution in [0.25, 0.3) is 0 Å². The van der Waals surface area contributed by atoms with Gasteiger partial charge in [-0.05, 0) is 37.3 Å². The standard InChI is InChI=1S/C14H19N3O4/c15-14(19)10-4-5-12(13(7-10)17(20)21)16-8-9-2-1-3-11(18)6-9/h4-5,7,9,11,16,18H,1-3,6,8H2,(H2,15,19). The summed E-state index contributed by atoms with van der Waals surface area (Å²) in [6.45, 7) is 0.563. The largest absolute Gasteiger partial charge is 0.393 e. The average molecular weight is 293 g/mol. The van der Waals surface area contributed by atoms with Crippen LogP contribution >= 0.6 is 0 Å². The fourth-order valence-corrected chi connectivity index (χ4v) is 2.69. The van der Waals surface area contributed by atoms with E-state index in [4.69, 9.17) is 5.73 Å². The third-order valence-electron chi connectivity index (χ3n) is 3.82. The van der Waals surface area contributed by atoms with Crippen LogP contribution in [0.1, 0.15) is 36.0 Å². The van der Waals surface area contributed by atoms with Crippen LogP contribution in [0.5, 0.6) is 0 Å². The number of nitrogens with one attached hydrogen (secondary N) is 1. The Labute approximate surface area is 122 Å². The number of carbonyl (C=O) groups is 1. The molecule has 1 aromatic rings. The van der Waals surface area contributed by atoms with Crippen molar-refractivity contribution in [2.24, 2.45) is 11.7 Å².